The highest BCUT2D eigenvalue weighted by atomic mass is 32.2. The third-order valence-corrected chi connectivity index (χ3v) is 7.65. The SMILES string of the molecule is CSc1ccc(S(=O)(=O)N(CC(=O)NCCCc2ccc(C)cc2)c2cccc(F)c2)cc1. The molecule has 0 aliphatic rings. The Balaban J connectivity index is 1.71. The number of aryl methyl sites for hydroxylation is 2. The summed E-state index contributed by atoms with van der Waals surface area (Å²) in [5.41, 5.74) is 2.46. The third kappa shape index (κ3) is 6.82. The van der Waals surface area contributed by atoms with Crippen LogP contribution in [0.5, 0.6) is 0 Å². The van der Waals surface area contributed by atoms with Gasteiger partial charge in [-0.15, -0.1) is 11.8 Å². The molecular formula is C25H27FN2O3S2. The fraction of sp³-hybridized carbons (Fsp3) is 0.240. The normalized spacial score (nSPS) is 11.2. The van der Waals surface area contributed by atoms with Crippen LogP contribution >= 0.6 is 11.8 Å². The number of rotatable bonds is 10. The molecule has 0 heterocycles. The number of anilines is 1. The van der Waals surface area contributed by atoms with Crippen LogP contribution in [0.1, 0.15) is 17.5 Å². The lowest BCUT2D eigenvalue weighted by Crippen LogP contribution is -2.41. The summed E-state index contributed by atoms with van der Waals surface area (Å²) in [4.78, 5) is 13.6. The van der Waals surface area contributed by atoms with Gasteiger partial charge >= 0.3 is 0 Å². The molecule has 5 nitrogen and oxygen atoms in total. The molecule has 8 heteroatoms. The number of carbonyl (C=O) groups is 1. The molecule has 0 aliphatic carbocycles. The molecule has 0 aromatic heterocycles. The summed E-state index contributed by atoms with van der Waals surface area (Å²) in [6, 6.07) is 19.8. The van der Waals surface area contributed by atoms with Crippen LogP contribution in [0.4, 0.5) is 10.1 Å². The molecule has 0 radical (unpaired) electrons. The summed E-state index contributed by atoms with van der Waals surface area (Å²) >= 11 is 1.49. The number of hydrogen-bond acceptors (Lipinski definition) is 4. The van der Waals surface area contributed by atoms with Crippen molar-refractivity contribution in [3.8, 4) is 0 Å². The van der Waals surface area contributed by atoms with E-state index in [0.717, 1.165) is 28.1 Å². The van der Waals surface area contributed by atoms with E-state index in [0.29, 0.717) is 6.54 Å². The number of hydrogen-bond donors (Lipinski definition) is 1. The monoisotopic (exact) mass is 486 g/mol. The first-order chi connectivity index (χ1) is 15.8. The van der Waals surface area contributed by atoms with Crippen LogP contribution in [0.15, 0.2) is 82.6 Å². The Morgan fingerprint density at radius 1 is 1.03 bits per heavy atom. The highest BCUT2D eigenvalue weighted by molar-refractivity contribution is 7.98. The smallest absolute Gasteiger partial charge is 0.264 e. The molecule has 0 saturated carbocycles. The highest BCUT2D eigenvalue weighted by Gasteiger charge is 2.27. The maximum atomic E-state index is 13.9. The van der Waals surface area contributed by atoms with Gasteiger partial charge in [-0.05, 0) is 74.0 Å². The zero-order chi connectivity index (χ0) is 23.8. The number of carbonyl (C=O) groups excluding carboxylic acids is 1. The predicted molar refractivity (Wildman–Crippen MR) is 132 cm³/mol. The van der Waals surface area contributed by atoms with Gasteiger partial charge in [-0.25, -0.2) is 12.8 Å². The lowest BCUT2D eigenvalue weighted by atomic mass is 10.1. The van der Waals surface area contributed by atoms with E-state index in [9.17, 15) is 17.6 Å². The van der Waals surface area contributed by atoms with Crippen LogP contribution in [0.25, 0.3) is 0 Å². The van der Waals surface area contributed by atoms with Gasteiger partial charge in [0.15, 0.2) is 0 Å². The Bertz CT molecular complexity index is 1180. The second-order valence-corrected chi connectivity index (χ2v) is 10.3. The molecule has 0 unspecified atom stereocenters. The fourth-order valence-corrected chi connectivity index (χ4v) is 5.10. The Morgan fingerprint density at radius 3 is 2.36 bits per heavy atom. The number of thioether (sulfide) groups is 1. The average molecular weight is 487 g/mol. The second kappa shape index (κ2) is 11.3. The number of halogens is 1. The van der Waals surface area contributed by atoms with Gasteiger partial charge in [0, 0.05) is 11.4 Å². The van der Waals surface area contributed by atoms with Crippen molar-refractivity contribution in [2.75, 3.05) is 23.7 Å². The average Bonchev–Trinajstić information content (AvgIpc) is 2.81. The molecule has 0 aliphatic heterocycles. The lowest BCUT2D eigenvalue weighted by molar-refractivity contribution is -0.119. The quantitative estimate of drug-likeness (QED) is 0.330. The summed E-state index contributed by atoms with van der Waals surface area (Å²) in [7, 11) is -4.07. The minimum absolute atomic E-state index is 0.0386. The van der Waals surface area contributed by atoms with Crippen molar-refractivity contribution in [2.45, 2.75) is 29.6 Å². The standard InChI is InChI=1S/C25H27FN2O3S2/c1-19-8-10-20(11-9-19)5-4-16-27-25(29)18-28(22-7-3-6-21(26)17-22)33(30,31)24-14-12-23(32-2)13-15-24/h3,6-15,17H,4-5,16,18H2,1-2H3,(H,27,29). The van der Waals surface area contributed by atoms with Gasteiger partial charge in [-0.2, -0.15) is 0 Å². The van der Waals surface area contributed by atoms with Crippen molar-refractivity contribution < 1.29 is 17.6 Å². The molecule has 0 saturated heterocycles. The number of nitrogens with zero attached hydrogens (tertiary/aromatic N) is 1. The molecule has 1 N–H and O–H groups in total. The highest BCUT2D eigenvalue weighted by Crippen LogP contribution is 2.26. The van der Waals surface area contributed by atoms with Crippen molar-refractivity contribution in [3.05, 3.63) is 89.7 Å². The predicted octanol–water partition coefficient (Wildman–Crippen LogP) is 4.80. The first-order valence-electron chi connectivity index (χ1n) is 10.5. The van der Waals surface area contributed by atoms with E-state index in [1.165, 1.54) is 53.2 Å². The van der Waals surface area contributed by atoms with E-state index >= 15 is 0 Å². The molecule has 0 atom stereocenters. The molecule has 3 rings (SSSR count). The summed E-state index contributed by atoms with van der Waals surface area (Å²) in [5, 5.41) is 2.78. The van der Waals surface area contributed by atoms with E-state index in [4.69, 9.17) is 0 Å². The second-order valence-electron chi connectivity index (χ2n) is 7.61. The molecule has 174 valence electrons. The molecule has 3 aromatic carbocycles. The van der Waals surface area contributed by atoms with Gasteiger partial charge in [-0.3, -0.25) is 9.10 Å². The van der Waals surface area contributed by atoms with Gasteiger partial charge < -0.3 is 5.32 Å². The number of amides is 1. The molecule has 0 bridgehead atoms. The minimum atomic E-state index is -4.07. The van der Waals surface area contributed by atoms with Crippen molar-refractivity contribution >= 4 is 33.4 Å². The van der Waals surface area contributed by atoms with Gasteiger partial charge in [0.1, 0.15) is 12.4 Å². The van der Waals surface area contributed by atoms with Crippen LogP contribution in [-0.4, -0.2) is 33.7 Å². The first kappa shape index (κ1) is 24.8. The Kier molecular flexibility index (Phi) is 8.52. The molecule has 1 amide bonds. The van der Waals surface area contributed by atoms with Crippen LogP contribution in [0.3, 0.4) is 0 Å². The number of benzene rings is 3. The maximum Gasteiger partial charge on any atom is 0.264 e. The zero-order valence-electron chi connectivity index (χ0n) is 18.6. The van der Waals surface area contributed by atoms with Crippen molar-refractivity contribution in [2.24, 2.45) is 0 Å². The Morgan fingerprint density at radius 2 is 1.73 bits per heavy atom. The fourth-order valence-electron chi connectivity index (χ4n) is 3.28. The molecular weight excluding hydrogens is 459 g/mol. The number of sulfonamides is 1. The van der Waals surface area contributed by atoms with E-state index in [-0.39, 0.29) is 10.6 Å². The topological polar surface area (TPSA) is 66.5 Å². The van der Waals surface area contributed by atoms with Crippen LogP contribution in [0, 0.1) is 12.7 Å². The lowest BCUT2D eigenvalue weighted by Gasteiger charge is -2.24. The largest absolute Gasteiger partial charge is 0.355 e. The summed E-state index contributed by atoms with van der Waals surface area (Å²) in [5.74, 6) is -1.03. The van der Waals surface area contributed by atoms with Gasteiger partial charge in [-0.1, -0.05) is 35.9 Å². The van der Waals surface area contributed by atoms with Crippen molar-refractivity contribution in [1.29, 1.82) is 0 Å². The molecule has 0 spiro atoms. The van der Waals surface area contributed by atoms with Crippen molar-refractivity contribution in [3.63, 3.8) is 0 Å². The van der Waals surface area contributed by atoms with E-state index in [2.05, 4.69) is 17.4 Å². The van der Waals surface area contributed by atoms with Crippen LogP contribution in [0.2, 0.25) is 0 Å². The molecule has 0 fully saturated rings. The summed E-state index contributed by atoms with van der Waals surface area (Å²) < 4.78 is 41.5. The Labute approximate surface area is 199 Å². The van der Waals surface area contributed by atoms with Gasteiger partial charge in [0.25, 0.3) is 10.0 Å². The van der Waals surface area contributed by atoms with Crippen LogP contribution < -0.4 is 9.62 Å². The number of nitrogens with one attached hydrogen (secondary N) is 1. The summed E-state index contributed by atoms with van der Waals surface area (Å²) in [6.07, 6.45) is 3.41. The molecule has 33 heavy (non-hydrogen) atoms. The zero-order valence-corrected chi connectivity index (χ0v) is 20.3. The third-order valence-electron chi connectivity index (χ3n) is 5.12. The van der Waals surface area contributed by atoms with Crippen molar-refractivity contribution in [1.82, 2.24) is 5.32 Å². The minimum Gasteiger partial charge on any atom is -0.355 e. The van der Waals surface area contributed by atoms with Gasteiger partial charge in [0.2, 0.25) is 5.91 Å². The van der Waals surface area contributed by atoms with Gasteiger partial charge in [0.05, 0.1) is 10.6 Å². The maximum absolute atomic E-state index is 13.9. The summed E-state index contributed by atoms with van der Waals surface area (Å²) in [6.45, 7) is 1.99. The Hall–Kier alpha value is -2.84. The van der Waals surface area contributed by atoms with E-state index < -0.39 is 28.3 Å². The van der Waals surface area contributed by atoms with E-state index in [1.807, 2.05) is 25.3 Å². The van der Waals surface area contributed by atoms with E-state index in [1.54, 1.807) is 12.1 Å². The first-order valence-corrected chi connectivity index (χ1v) is 13.2. The van der Waals surface area contributed by atoms with Crippen LogP contribution in [-0.2, 0) is 21.2 Å². The molecule has 3 aromatic rings.